The number of nitrogens with zero attached hydrogens (tertiary/aromatic N) is 2. The Bertz CT molecular complexity index is 931. The predicted molar refractivity (Wildman–Crippen MR) is 101 cm³/mol. The molecule has 2 aromatic carbocycles. The molecule has 0 saturated carbocycles. The number of aryl methyl sites for hydroxylation is 1. The van der Waals surface area contributed by atoms with E-state index in [-0.39, 0.29) is 12.3 Å². The maximum atomic E-state index is 6.36. The summed E-state index contributed by atoms with van der Waals surface area (Å²) in [5, 5.41) is 9.22. The summed E-state index contributed by atoms with van der Waals surface area (Å²) in [6.45, 7) is 2.10. The minimum atomic E-state index is -0.182. The summed E-state index contributed by atoms with van der Waals surface area (Å²) in [4.78, 5) is 1.24. The highest BCUT2D eigenvalue weighted by Crippen LogP contribution is 2.47. The summed E-state index contributed by atoms with van der Waals surface area (Å²) < 4.78 is 6.36. The van der Waals surface area contributed by atoms with Crippen LogP contribution in [0.1, 0.15) is 40.3 Å². The molecular weight excluding hydrogens is 328 g/mol. The molecule has 0 bridgehead atoms. The van der Waals surface area contributed by atoms with Crippen LogP contribution in [0.5, 0.6) is 5.75 Å². The van der Waals surface area contributed by atoms with Crippen LogP contribution < -0.4 is 4.74 Å². The van der Waals surface area contributed by atoms with Crippen molar-refractivity contribution < 1.29 is 4.74 Å². The highest BCUT2D eigenvalue weighted by atomic mass is 32.1. The molecule has 3 heterocycles. The Morgan fingerprint density at radius 2 is 1.88 bits per heavy atom. The lowest BCUT2D eigenvalue weighted by Crippen LogP contribution is -2.33. The fourth-order valence-electron chi connectivity index (χ4n) is 3.58. The lowest BCUT2D eigenvalue weighted by Gasteiger charge is -2.38. The second-order valence-electron chi connectivity index (χ2n) is 6.54. The van der Waals surface area contributed by atoms with Gasteiger partial charge in [-0.15, -0.1) is 11.3 Å². The predicted octanol–water partition coefficient (Wildman–Crippen LogP) is 5.30. The van der Waals surface area contributed by atoms with E-state index in [1.54, 1.807) is 11.3 Å². The number of hydrazone groups is 1. The zero-order valence-corrected chi connectivity index (χ0v) is 14.7. The second-order valence-corrected chi connectivity index (χ2v) is 7.49. The Kier molecular flexibility index (Phi) is 3.38. The van der Waals surface area contributed by atoms with Crippen LogP contribution in [0.25, 0.3) is 0 Å². The van der Waals surface area contributed by atoms with Crippen molar-refractivity contribution in [3.63, 3.8) is 0 Å². The van der Waals surface area contributed by atoms with Gasteiger partial charge in [0.15, 0.2) is 0 Å². The maximum absolute atomic E-state index is 6.36. The average molecular weight is 346 g/mol. The van der Waals surface area contributed by atoms with Gasteiger partial charge in [-0.1, -0.05) is 54.1 Å². The molecule has 0 saturated heterocycles. The van der Waals surface area contributed by atoms with Crippen molar-refractivity contribution in [2.75, 3.05) is 0 Å². The van der Waals surface area contributed by atoms with Crippen LogP contribution >= 0.6 is 11.3 Å². The van der Waals surface area contributed by atoms with E-state index in [4.69, 9.17) is 9.84 Å². The smallest absolute Gasteiger partial charge is 0.213 e. The molecule has 0 fully saturated rings. The standard InChI is InChI=1S/C21H18N2OS/c1-14-8-10-15(11-9-14)21-23-18(16-5-2-3-6-19(16)24-21)13-17(22-23)20-7-4-12-25-20/h2-12,18,21H,13H2,1H3. The molecule has 0 amide bonds. The first-order valence-corrected chi connectivity index (χ1v) is 9.39. The Balaban J connectivity index is 1.60. The SMILES string of the molecule is Cc1ccc(C2Oc3ccccc3C3CC(c4cccs4)=NN32)cc1. The fraction of sp³-hybridized carbons (Fsp3) is 0.190. The summed E-state index contributed by atoms with van der Waals surface area (Å²) in [6.07, 6.45) is 0.737. The van der Waals surface area contributed by atoms with Crippen LogP contribution in [-0.2, 0) is 0 Å². The van der Waals surface area contributed by atoms with E-state index in [1.807, 2.05) is 6.07 Å². The van der Waals surface area contributed by atoms with Crippen LogP contribution in [0.4, 0.5) is 0 Å². The summed E-state index contributed by atoms with van der Waals surface area (Å²) in [7, 11) is 0. The monoisotopic (exact) mass is 346 g/mol. The largest absolute Gasteiger partial charge is 0.464 e. The van der Waals surface area contributed by atoms with Crippen molar-refractivity contribution in [2.24, 2.45) is 5.10 Å². The molecule has 0 radical (unpaired) electrons. The molecule has 2 aliphatic heterocycles. The maximum Gasteiger partial charge on any atom is 0.213 e. The van der Waals surface area contributed by atoms with Crippen LogP contribution in [0, 0.1) is 6.92 Å². The van der Waals surface area contributed by atoms with Crippen molar-refractivity contribution in [2.45, 2.75) is 25.6 Å². The Morgan fingerprint density at radius 1 is 1.04 bits per heavy atom. The van der Waals surface area contributed by atoms with Crippen molar-refractivity contribution in [1.82, 2.24) is 5.01 Å². The van der Waals surface area contributed by atoms with Gasteiger partial charge in [-0.25, -0.2) is 5.01 Å². The van der Waals surface area contributed by atoms with E-state index in [1.165, 1.54) is 16.0 Å². The topological polar surface area (TPSA) is 24.8 Å². The molecule has 1 aromatic heterocycles. The fourth-order valence-corrected chi connectivity index (χ4v) is 4.30. The van der Waals surface area contributed by atoms with Gasteiger partial charge in [-0.2, -0.15) is 5.10 Å². The molecular formula is C21H18N2OS. The van der Waals surface area contributed by atoms with Crippen LogP contribution in [-0.4, -0.2) is 10.7 Å². The van der Waals surface area contributed by atoms with Crippen molar-refractivity contribution in [3.8, 4) is 5.75 Å². The van der Waals surface area contributed by atoms with Gasteiger partial charge in [-0.3, -0.25) is 0 Å². The third-order valence-corrected chi connectivity index (χ3v) is 5.79. The Labute approximate surface area is 151 Å². The van der Waals surface area contributed by atoms with Gasteiger partial charge in [0.2, 0.25) is 6.23 Å². The minimum Gasteiger partial charge on any atom is -0.464 e. The molecule has 2 aliphatic rings. The van der Waals surface area contributed by atoms with Crippen LogP contribution in [0.2, 0.25) is 0 Å². The van der Waals surface area contributed by atoms with Crippen LogP contribution in [0.3, 0.4) is 0 Å². The van der Waals surface area contributed by atoms with E-state index < -0.39 is 0 Å². The highest BCUT2D eigenvalue weighted by molar-refractivity contribution is 7.12. The quantitative estimate of drug-likeness (QED) is 0.629. The number of thiophene rings is 1. The first kappa shape index (κ1) is 14.7. The Morgan fingerprint density at radius 3 is 2.68 bits per heavy atom. The summed E-state index contributed by atoms with van der Waals surface area (Å²) >= 11 is 1.75. The summed E-state index contributed by atoms with van der Waals surface area (Å²) in [5.41, 5.74) is 4.76. The van der Waals surface area contributed by atoms with Crippen molar-refractivity contribution >= 4 is 17.0 Å². The average Bonchev–Trinajstić information content (AvgIpc) is 3.31. The van der Waals surface area contributed by atoms with E-state index in [0.717, 1.165) is 23.4 Å². The van der Waals surface area contributed by atoms with E-state index in [0.29, 0.717) is 0 Å². The zero-order valence-electron chi connectivity index (χ0n) is 13.9. The van der Waals surface area contributed by atoms with Gasteiger partial charge < -0.3 is 4.74 Å². The van der Waals surface area contributed by atoms with Gasteiger partial charge in [0.1, 0.15) is 5.75 Å². The molecule has 4 heteroatoms. The molecule has 3 nitrogen and oxygen atoms in total. The van der Waals surface area contributed by atoms with Crippen molar-refractivity contribution in [3.05, 3.63) is 87.6 Å². The molecule has 2 atom stereocenters. The van der Waals surface area contributed by atoms with Crippen molar-refractivity contribution in [1.29, 1.82) is 0 Å². The molecule has 5 rings (SSSR count). The second kappa shape index (κ2) is 5.74. The molecule has 3 aromatic rings. The molecule has 0 N–H and O–H groups in total. The lowest BCUT2D eigenvalue weighted by atomic mass is 9.97. The first-order chi connectivity index (χ1) is 12.3. The third-order valence-electron chi connectivity index (χ3n) is 4.87. The van der Waals surface area contributed by atoms with Gasteiger partial charge in [0.25, 0.3) is 0 Å². The molecule has 2 unspecified atom stereocenters. The lowest BCUT2D eigenvalue weighted by molar-refractivity contribution is -0.0190. The number of para-hydroxylation sites is 1. The number of fused-ring (bicyclic) bond motifs is 3. The third kappa shape index (κ3) is 2.45. The van der Waals surface area contributed by atoms with E-state index >= 15 is 0 Å². The number of hydrogen-bond donors (Lipinski definition) is 0. The zero-order chi connectivity index (χ0) is 16.8. The van der Waals surface area contributed by atoms with E-state index in [2.05, 4.69) is 71.9 Å². The Hall–Kier alpha value is -2.59. The van der Waals surface area contributed by atoms with Gasteiger partial charge >= 0.3 is 0 Å². The molecule has 0 aliphatic carbocycles. The van der Waals surface area contributed by atoms with Gasteiger partial charge in [0.05, 0.1) is 16.6 Å². The van der Waals surface area contributed by atoms with Gasteiger partial charge in [-0.05, 0) is 24.4 Å². The number of rotatable bonds is 2. The number of ether oxygens (including phenoxy) is 1. The van der Waals surface area contributed by atoms with Crippen LogP contribution in [0.15, 0.2) is 71.1 Å². The first-order valence-electron chi connectivity index (χ1n) is 8.51. The highest BCUT2D eigenvalue weighted by Gasteiger charge is 2.40. The molecule has 25 heavy (non-hydrogen) atoms. The molecule has 0 spiro atoms. The minimum absolute atomic E-state index is 0.182. The summed E-state index contributed by atoms with van der Waals surface area (Å²) in [6, 6.07) is 21.4. The number of benzene rings is 2. The van der Waals surface area contributed by atoms with Gasteiger partial charge in [0, 0.05) is 17.5 Å². The molecule has 124 valence electrons. The van der Waals surface area contributed by atoms with E-state index in [9.17, 15) is 0 Å². The number of hydrogen-bond acceptors (Lipinski definition) is 4. The summed E-state index contributed by atoms with van der Waals surface area (Å²) in [5.74, 6) is 0.969. The normalized spacial score (nSPS) is 21.3.